The van der Waals surface area contributed by atoms with Crippen molar-refractivity contribution in [2.45, 2.75) is 64.2 Å². The first-order valence-electron chi connectivity index (χ1n) is 11.6. The van der Waals surface area contributed by atoms with Gasteiger partial charge >= 0.3 is 0 Å². The van der Waals surface area contributed by atoms with E-state index in [1.807, 2.05) is 6.92 Å². The van der Waals surface area contributed by atoms with Crippen LogP contribution in [0, 0.1) is 12.3 Å². The van der Waals surface area contributed by atoms with Crippen molar-refractivity contribution >= 4 is 28.7 Å². The van der Waals surface area contributed by atoms with Gasteiger partial charge in [0.15, 0.2) is 4.88 Å². The summed E-state index contributed by atoms with van der Waals surface area (Å²) in [6.07, 6.45) is 6.79. The number of primary amides is 1. The van der Waals surface area contributed by atoms with Gasteiger partial charge in [0.05, 0.1) is 34.1 Å². The predicted molar refractivity (Wildman–Crippen MR) is 129 cm³/mol. The molecule has 0 saturated heterocycles. The first kappa shape index (κ1) is 23.6. The Labute approximate surface area is 206 Å². The second kappa shape index (κ2) is 8.49. The van der Waals surface area contributed by atoms with E-state index < -0.39 is 11.5 Å². The van der Waals surface area contributed by atoms with Crippen molar-refractivity contribution in [1.82, 2.24) is 19.9 Å². The summed E-state index contributed by atoms with van der Waals surface area (Å²) in [6.45, 7) is 5.31. The Bertz CT molecular complexity index is 1280. The van der Waals surface area contributed by atoms with E-state index in [1.165, 1.54) is 11.3 Å². The molecule has 2 aliphatic carbocycles. The number of ether oxygens (including phenoxy) is 2. The lowest BCUT2D eigenvalue weighted by Crippen LogP contribution is -2.58. The lowest BCUT2D eigenvalue weighted by molar-refractivity contribution is -0.0846. The van der Waals surface area contributed by atoms with Crippen LogP contribution in [0.5, 0.6) is 11.6 Å². The molecular weight excluding hydrogens is 470 g/mol. The van der Waals surface area contributed by atoms with Gasteiger partial charge < -0.3 is 25.6 Å². The summed E-state index contributed by atoms with van der Waals surface area (Å²) >= 11 is 1.25. The molecular formula is C24H29N5O5S. The molecule has 0 bridgehead atoms. The summed E-state index contributed by atoms with van der Waals surface area (Å²) in [7, 11) is 0. The monoisotopic (exact) mass is 499 g/mol. The maximum Gasteiger partial charge on any atom is 0.264 e. The average Bonchev–Trinajstić information content (AvgIpc) is 3.31. The smallest absolute Gasteiger partial charge is 0.264 e. The number of aryl methyl sites for hydroxylation is 1. The quantitative estimate of drug-likeness (QED) is 0.432. The second-order valence-corrected chi connectivity index (χ2v) is 11.5. The number of aliphatic hydroxyl groups is 1. The van der Waals surface area contributed by atoms with E-state index in [-0.39, 0.29) is 30.1 Å². The number of hydrogen-bond acceptors (Lipinski definition) is 8. The Kier molecular flexibility index (Phi) is 5.71. The Morgan fingerprint density at radius 2 is 2.06 bits per heavy atom. The van der Waals surface area contributed by atoms with Crippen LogP contribution in [-0.2, 0) is 0 Å². The lowest BCUT2D eigenvalue weighted by Gasteiger charge is -2.57. The van der Waals surface area contributed by atoms with E-state index in [1.54, 1.807) is 42.9 Å². The van der Waals surface area contributed by atoms with Gasteiger partial charge in [0.2, 0.25) is 5.88 Å². The summed E-state index contributed by atoms with van der Waals surface area (Å²) in [6, 6.07) is 3.66. The van der Waals surface area contributed by atoms with Crippen LogP contribution in [0.15, 0.2) is 24.5 Å². The first-order valence-corrected chi connectivity index (χ1v) is 12.4. The zero-order valence-corrected chi connectivity index (χ0v) is 20.7. The minimum Gasteiger partial charge on any atom is -0.489 e. The summed E-state index contributed by atoms with van der Waals surface area (Å²) in [4.78, 5) is 29.1. The molecule has 186 valence electrons. The van der Waals surface area contributed by atoms with Gasteiger partial charge in [-0.3, -0.25) is 9.59 Å². The standard InChI is InChI=1S/C24H29N5O5S/c1-13-27-22(19(35-13)20(25)30)34-16-8-24(9-16)6-14(7-24)28-21(31)17-10-26-29-11-15(4-5-18(17)29)33-12-23(2,3)32/h4-5,10-11,14,16,32H,6-9,12H2,1-3H3,(H2,25,30)(H,28,31). The number of nitrogens with two attached hydrogens (primary N) is 1. The third-order valence-electron chi connectivity index (χ3n) is 6.55. The van der Waals surface area contributed by atoms with Crippen LogP contribution in [-0.4, -0.2) is 55.9 Å². The summed E-state index contributed by atoms with van der Waals surface area (Å²) in [5.41, 5.74) is 5.85. The molecule has 3 heterocycles. The van der Waals surface area contributed by atoms with Crippen molar-refractivity contribution < 1.29 is 24.2 Å². The van der Waals surface area contributed by atoms with E-state index in [2.05, 4.69) is 15.4 Å². The largest absolute Gasteiger partial charge is 0.489 e. The lowest BCUT2D eigenvalue weighted by atomic mass is 9.53. The highest BCUT2D eigenvalue weighted by Crippen LogP contribution is 2.57. The van der Waals surface area contributed by atoms with E-state index in [0.717, 1.165) is 30.7 Å². The molecule has 0 radical (unpaired) electrons. The third-order valence-corrected chi connectivity index (χ3v) is 7.51. The Morgan fingerprint density at radius 1 is 1.31 bits per heavy atom. The molecule has 3 aromatic rings. The third kappa shape index (κ3) is 4.83. The Hall–Kier alpha value is -3.18. The zero-order chi connectivity index (χ0) is 25.0. The van der Waals surface area contributed by atoms with Gasteiger partial charge in [-0.15, -0.1) is 11.3 Å². The Morgan fingerprint density at radius 3 is 2.74 bits per heavy atom. The van der Waals surface area contributed by atoms with Gasteiger partial charge in [-0.1, -0.05) is 0 Å². The van der Waals surface area contributed by atoms with E-state index in [4.69, 9.17) is 15.2 Å². The second-order valence-electron chi connectivity index (χ2n) is 10.3. The van der Waals surface area contributed by atoms with Gasteiger partial charge in [-0.2, -0.15) is 5.10 Å². The maximum absolute atomic E-state index is 12.9. The summed E-state index contributed by atoms with van der Waals surface area (Å²) in [5.74, 6) is 0.233. The molecule has 2 saturated carbocycles. The number of amides is 2. The van der Waals surface area contributed by atoms with Crippen LogP contribution in [0.3, 0.4) is 0 Å². The van der Waals surface area contributed by atoms with Gasteiger partial charge in [0.1, 0.15) is 18.5 Å². The number of fused-ring (bicyclic) bond motifs is 1. The van der Waals surface area contributed by atoms with E-state index in [0.29, 0.717) is 27.6 Å². The predicted octanol–water partition coefficient (Wildman–Crippen LogP) is 2.47. The topological polar surface area (TPSA) is 141 Å². The number of nitrogens with zero attached hydrogens (tertiary/aromatic N) is 3. The van der Waals surface area contributed by atoms with E-state index >= 15 is 0 Å². The van der Waals surface area contributed by atoms with Crippen LogP contribution >= 0.6 is 11.3 Å². The molecule has 10 nitrogen and oxygen atoms in total. The van der Waals surface area contributed by atoms with Gasteiger partial charge in [-0.25, -0.2) is 9.50 Å². The fourth-order valence-corrected chi connectivity index (χ4v) is 5.67. The number of nitrogens with one attached hydrogen (secondary N) is 1. The number of hydrogen-bond donors (Lipinski definition) is 3. The van der Waals surface area contributed by atoms with Crippen molar-refractivity contribution in [3.05, 3.63) is 40.0 Å². The van der Waals surface area contributed by atoms with Crippen molar-refractivity contribution in [1.29, 1.82) is 0 Å². The maximum atomic E-state index is 12.9. The van der Waals surface area contributed by atoms with Crippen LogP contribution in [0.4, 0.5) is 0 Å². The minimum absolute atomic E-state index is 0.0127. The molecule has 2 amide bonds. The number of carbonyl (C=O) groups is 2. The van der Waals surface area contributed by atoms with Crippen molar-refractivity contribution in [3.63, 3.8) is 0 Å². The molecule has 5 rings (SSSR count). The molecule has 2 fully saturated rings. The SMILES string of the molecule is Cc1nc(OC2CC3(CC(NC(=O)c4cnn5cc(OCC(C)(C)O)ccc45)C3)C2)c(C(N)=O)s1. The molecule has 35 heavy (non-hydrogen) atoms. The van der Waals surface area contributed by atoms with Crippen LogP contribution < -0.4 is 20.5 Å². The summed E-state index contributed by atoms with van der Waals surface area (Å²) in [5, 5.41) is 18.0. The normalized spacial score (nSPS) is 23.5. The molecule has 0 aliphatic heterocycles. The molecule has 0 atom stereocenters. The minimum atomic E-state index is -0.941. The van der Waals surface area contributed by atoms with Crippen LogP contribution in [0.1, 0.15) is 64.6 Å². The van der Waals surface area contributed by atoms with Crippen molar-refractivity contribution in [2.75, 3.05) is 6.61 Å². The highest BCUT2D eigenvalue weighted by Gasteiger charge is 2.54. The number of rotatable bonds is 8. The highest BCUT2D eigenvalue weighted by molar-refractivity contribution is 7.13. The molecule has 2 aliphatic rings. The number of pyridine rings is 1. The zero-order valence-electron chi connectivity index (χ0n) is 19.9. The molecule has 4 N–H and O–H groups in total. The first-order chi connectivity index (χ1) is 16.5. The summed E-state index contributed by atoms with van der Waals surface area (Å²) < 4.78 is 13.1. The van der Waals surface area contributed by atoms with Crippen molar-refractivity contribution in [2.24, 2.45) is 11.1 Å². The average molecular weight is 500 g/mol. The Balaban J connectivity index is 1.13. The van der Waals surface area contributed by atoms with Gasteiger partial charge in [-0.05, 0) is 64.0 Å². The molecule has 0 unspecified atom stereocenters. The number of aromatic nitrogens is 3. The van der Waals surface area contributed by atoms with Gasteiger partial charge in [0, 0.05) is 6.04 Å². The number of carbonyl (C=O) groups excluding carboxylic acids is 2. The highest BCUT2D eigenvalue weighted by atomic mass is 32.1. The fourth-order valence-electron chi connectivity index (χ4n) is 4.96. The fraction of sp³-hybridized carbons (Fsp3) is 0.500. The molecule has 1 spiro atoms. The molecule has 3 aromatic heterocycles. The van der Waals surface area contributed by atoms with Crippen molar-refractivity contribution in [3.8, 4) is 11.6 Å². The van der Waals surface area contributed by atoms with Crippen LogP contribution in [0.25, 0.3) is 5.52 Å². The number of thiazole rings is 1. The van der Waals surface area contributed by atoms with Gasteiger partial charge in [0.25, 0.3) is 11.8 Å². The van der Waals surface area contributed by atoms with E-state index in [9.17, 15) is 14.7 Å². The molecule has 0 aromatic carbocycles. The molecule has 11 heteroatoms. The van der Waals surface area contributed by atoms with Crippen LogP contribution in [0.2, 0.25) is 0 Å².